The number of aromatic nitrogens is 2. The quantitative estimate of drug-likeness (QED) is 0.671. The molecule has 3 rings (SSSR count). The van der Waals surface area contributed by atoms with Gasteiger partial charge in [-0.15, -0.1) is 0 Å². The van der Waals surface area contributed by atoms with Crippen molar-refractivity contribution in [3.05, 3.63) is 24.3 Å². The Balaban J connectivity index is 2.03. The zero-order valence-corrected chi connectivity index (χ0v) is 8.32. The van der Waals surface area contributed by atoms with Gasteiger partial charge in [0.25, 0.3) is 0 Å². The summed E-state index contributed by atoms with van der Waals surface area (Å²) < 4.78 is 0. The first-order valence-corrected chi connectivity index (χ1v) is 5.42. The lowest BCUT2D eigenvalue weighted by Gasteiger charge is -2.31. The molecule has 0 saturated carbocycles. The first-order chi connectivity index (χ1) is 6.92. The summed E-state index contributed by atoms with van der Waals surface area (Å²) in [6.07, 6.45) is 10.9. The molecule has 3 heteroatoms. The molecule has 74 valence electrons. The van der Waals surface area contributed by atoms with Crippen molar-refractivity contribution >= 4 is 0 Å². The topological polar surface area (TPSA) is 29.0 Å². The van der Waals surface area contributed by atoms with Crippen LogP contribution in [0.1, 0.15) is 31.2 Å². The summed E-state index contributed by atoms with van der Waals surface area (Å²) in [5.74, 6) is 0. The van der Waals surface area contributed by atoms with Crippen LogP contribution in [0.25, 0.3) is 0 Å². The first-order valence-electron chi connectivity index (χ1n) is 5.42. The fourth-order valence-electron chi connectivity index (χ4n) is 3.12. The van der Waals surface area contributed by atoms with Crippen molar-refractivity contribution < 1.29 is 0 Å². The van der Waals surface area contributed by atoms with Crippen LogP contribution in [0.15, 0.2) is 18.7 Å². The fraction of sp³-hybridized carbons (Fsp3) is 0.636. The van der Waals surface area contributed by atoms with Gasteiger partial charge in [0.1, 0.15) is 6.33 Å². The monoisotopic (exact) mass is 189 g/mol. The molecule has 0 aliphatic carbocycles. The largest absolute Gasteiger partial charge is 0.293 e. The first kappa shape index (κ1) is 8.36. The fourth-order valence-corrected chi connectivity index (χ4v) is 3.12. The minimum atomic E-state index is 0.307. The third-order valence-corrected chi connectivity index (χ3v) is 3.74. The van der Waals surface area contributed by atoms with E-state index in [0.717, 1.165) is 0 Å². The molecule has 0 spiro atoms. The van der Waals surface area contributed by atoms with E-state index in [1.165, 1.54) is 44.3 Å². The zero-order chi connectivity index (χ0) is 9.43. The minimum Gasteiger partial charge on any atom is -0.293 e. The molecule has 0 N–H and O–H groups in total. The molecule has 2 saturated heterocycles. The third kappa shape index (κ3) is 1.02. The van der Waals surface area contributed by atoms with E-state index in [0.29, 0.717) is 5.54 Å². The zero-order valence-electron chi connectivity index (χ0n) is 8.32. The Kier molecular flexibility index (Phi) is 1.80. The molecule has 2 aliphatic rings. The summed E-state index contributed by atoms with van der Waals surface area (Å²) >= 11 is 0. The van der Waals surface area contributed by atoms with Gasteiger partial charge in [-0.1, -0.05) is 0 Å². The molecular formula is C11H15N3. The average molecular weight is 189 g/mol. The maximum absolute atomic E-state index is 4.15. The highest BCUT2D eigenvalue weighted by Gasteiger charge is 2.45. The molecule has 2 fully saturated rings. The summed E-state index contributed by atoms with van der Waals surface area (Å²) in [7, 11) is 0. The van der Waals surface area contributed by atoms with Crippen molar-refractivity contribution in [3.8, 4) is 0 Å². The molecule has 0 atom stereocenters. The number of rotatable bonds is 1. The van der Waals surface area contributed by atoms with Crippen LogP contribution in [0.3, 0.4) is 0 Å². The Bertz CT molecular complexity index is 313. The Hall–Kier alpha value is -0.960. The number of hydrogen-bond donors (Lipinski definition) is 0. The molecule has 1 aromatic rings. The van der Waals surface area contributed by atoms with Gasteiger partial charge in [-0.05, 0) is 38.8 Å². The molecular weight excluding hydrogens is 174 g/mol. The minimum absolute atomic E-state index is 0.307. The molecule has 3 heterocycles. The van der Waals surface area contributed by atoms with Crippen molar-refractivity contribution in [2.45, 2.75) is 31.2 Å². The number of nitrogens with zero attached hydrogens (tertiary/aromatic N) is 3. The second-order valence-corrected chi connectivity index (χ2v) is 4.35. The van der Waals surface area contributed by atoms with Gasteiger partial charge in [-0.25, -0.2) is 9.97 Å². The second-order valence-electron chi connectivity index (χ2n) is 4.35. The van der Waals surface area contributed by atoms with E-state index >= 15 is 0 Å². The van der Waals surface area contributed by atoms with E-state index in [1.54, 1.807) is 6.33 Å². The lowest BCUT2D eigenvalue weighted by molar-refractivity contribution is 0.196. The predicted octanol–water partition coefficient (Wildman–Crippen LogP) is 1.56. The highest BCUT2D eigenvalue weighted by atomic mass is 15.2. The van der Waals surface area contributed by atoms with Gasteiger partial charge in [0.05, 0.1) is 0 Å². The molecule has 0 unspecified atom stereocenters. The molecule has 3 nitrogen and oxygen atoms in total. The Morgan fingerprint density at radius 1 is 1.07 bits per heavy atom. The average Bonchev–Trinajstić information content (AvgIpc) is 2.77. The lowest BCUT2D eigenvalue weighted by atomic mass is 9.88. The van der Waals surface area contributed by atoms with Gasteiger partial charge < -0.3 is 0 Å². The van der Waals surface area contributed by atoms with Crippen molar-refractivity contribution in [2.24, 2.45) is 0 Å². The molecule has 2 aliphatic heterocycles. The van der Waals surface area contributed by atoms with Gasteiger partial charge in [-0.3, -0.25) is 4.90 Å². The molecule has 1 aromatic heterocycles. The normalized spacial score (nSPS) is 25.1. The Labute approximate surface area is 84.2 Å². The van der Waals surface area contributed by atoms with Gasteiger partial charge in [0.15, 0.2) is 0 Å². The highest BCUT2D eigenvalue weighted by molar-refractivity contribution is 5.21. The molecule has 0 amide bonds. The Morgan fingerprint density at radius 3 is 2.36 bits per heavy atom. The van der Waals surface area contributed by atoms with Gasteiger partial charge in [0.2, 0.25) is 0 Å². The van der Waals surface area contributed by atoms with Crippen LogP contribution >= 0.6 is 0 Å². The van der Waals surface area contributed by atoms with Crippen molar-refractivity contribution in [2.75, 3.05) is 13.1 Å². The second kappa shape index (κ2) is 3.02. The van der Waals surface area contributed by atoms with Crippen molar-refractivity contribution in [3.63, 3.8) is 0 Å². The molecule has 0 aromatic carbocycles. The molecule has 0 radical (unpaired) electrons. The van der Waals surface area contributed by atoms with Crippen LogP contribution in [-0.2, 0) is 5.54 Å². The van der Waals surface area contributed by atoms with Gasteiger partial charge in [0, 0.05) is 23.5 Å². The molecule has 14 heavy (non-hydrogen) atoms. The summed E-state index contributed by atoms with van der Waals surface area (Å²) in [4.78, 5) is 10.9. The van der Waals surface area contributed by atoms with Crippen LogP contribution in [0, 0.1) is 0 Å². The van der Waals surface area contributed by atoms with E-state index in [4.69, 9.17) is 0 Å². The van der Waals surface area contributed by atoms with E-state index in [-0.39, 0.29) is 0 Å². The maximum atomic E-state index is 4.15. The Morgan fingerprint density at radius 2 is 1.71 bits per heavy atom. The summed E-state index contributed by atoms with van der Waals surface area (Å²) in [5.41, 5.74) is 1.64. The molecule has 0 bridgehead atoms. The highest BCUT2D eigenvalue weighted by Crippen LogP contribution is 2.46. The van der Waals surface area contributed by atoms with Crippen LogP contribution < -0.4 is 0 Å². The summed E-state index contributed by atoms with van der Waals surface area (Å²) in [6.45, 7) is 2.52. The smallest absolute Gasteiger partial charge is 0.115 e. The van der Waals surface area contributed by atoms with Crippen molar-refractivity contribution in [1.82, 2.24) is 14.9 Å². The lowest BCUT2D eigenvalue weighted by Crippen LogP contribution is -2.35. The standard InChI is InChI=1S/C11H15N3/c1-3-11(4-2-6-14(11)5-1)10-7-12-9-13-8-10/h7-9H,1-6H2. The third-order valence-electron chi connectivity index (χ3n) is 3.74. The van der Waals surface area contributed by atoms with E-state index in [9.17, 15) is 0 Å². The maximum Gasteiger partial charge on any atom is 0.115 e. The number of fused-ring (bicyclic) bond motifs is 1. The van der Waals surface area contributed by atoms with Crippen molar-refractivity contribution in [1.29, 1.82) is 0 Å². The number of hydrogen-bond acceptors (Lipinski definition) is 3. The SMILES string of the molecule is c1ncc(C23CCCN2CCC3)cn1. The van der Waals surface area contributed by atoms with Crippen LogP contribution in [0.2, 0.25) is 0 Å². The van der Waals surface area contributed by atoms with Gasteiger partial charge >= 0.3 is 0 Å². The van der Waals surface area contributed by atoms with Crippen LogP contribution in [-0.4, -0.2) is 28.0 Å². The summed E-state index contributed by atoms with van der Waals surface area (Å²) in [5, 5.41) is 0. The van der Waals surface area contributed by atoms with E-state index < -0.39 is 0 Å². The van der Waals surface area contributed by atoms with Crippen LogP contribution in [0.4, 0.5) is 0 Å². The van der Waals surface area contributed by atoms with E-state index in [1.807, 2.05) is 12.4 Å². The predicted molar refractivity (Wildman–Crippen MR) is 53.8 cm³/mol. The van der Waals surface area contributed by atoms with Crippen LogP contribution in [0.5, 0.6) is 0 Å². The van der Waals surface area contributed by atoms with E-state index in [2.05, 4.69) is 14.9 Å². The summed E-state index contributed by atoms with van der Waals surface area (Å²) in [6, 6.07) is 0. The van der Waals surface area contributed by atoms with Gasteiger partial charge in [-0.2, -0.15) is 0 Å².